The van der Waals surface area contributed by atoms with Crippen molar-refractivity contribution in [3.05, 3.63) is 64.3 Å². The van der Waals surface area contributed by atoms with E-state index in [1.54, 1.807) is 19.3 Å². The SMILES string of the molecule is CCC(C)C(NC(=O)c1ccn(C)c(=O)c1)c1nc2ccccc2[nH]1. The largest absolute Gasteiger partial charge is 0.342 e. The van der Waals surface area contributed by atoms with Crippen LogP contribution in [0.25, 0.3) is 11.0 Å². The van der Waals surface area contributed by atoms with Gasteiger partial charge in [-0.25, -0.2) is 4.98 Å². The van der Waals surface area contributed by atoms with E-state index < -0.39 is 0 Å². The first kappa shape index (κ1) is 17.0. The number of nitrogens with one attached hydrogen (secondary N) is 2. The van der Waals surface area contributed by atoms with Crippen LogP contribution in [0.15, 0.2) is 47.4 Å². The van der Waals surface area contributed by atoms with Crippen LogP contribution >= 0.6 is 0 Å². The molecule has 6 heteroatoms. The Morgan fingerprint density at radius 1 is 1.32 bits per heavy atom. The number of para-hydroxylation sites is 2. The summed E-state index contributed by atoms with van der Waals surface area (Å²) in [6, 6.07) is 10.5. The summed E-state index contributed by atoms with van der Waals surface area (Å²) >= 11 is 0. The summed E-state index contributed by atoms with van der Waals surface area (Å²) in [5.41, 5.74) is 1.95. The number of benzene rings is 1. The Balaban J connectivity index is 1.91. The summed E-state index contributed by atoms with van der Waals surface area (Å²) in [5, 5.41) is 3.03. The van der Waals surface area contributed by atoms with Crippen LogP contribution in [0.2, 0.25) is 0 Å². The number of fused-ring (bicyclic) bond motifs is 1. The van der Waals surface area contributed by atoms with Gasteiger partial charge in [0.15, 0.2) is 0 Å². The lowest BCUT2D eigenvalue weighted by molar-refractivity contribution is 0.0920. The van der Waals surface area contributed by atoms with E-state index in [1.807, 2.05) is 24.3 Å². The topological polar surface area (TPSA) is 79.8 Å². The second-order valence-electron chi connectivity index (χ2n) is 6.34. The zero-order valence-corrected chi connectivity index (χ0v) is 14.6. The van der Waals surface area contributed by atoms with Gasteiger partial charge < -0.3 is 14.9 Å². The van der Waals surface area contributed by atoms with Crippen LogP contribution in [0.1, 0.15) is 42.5 Å². The first-order valence-electron chi connectivity index (χ1n) is 8.41. The molecule has 1 aromatic carbocycles. The van der Waals surface area contributed by atoms with Crippen LogP contribution in [0.5, 0.6) is 0 Å². The minimum atomic E-state index is -0.275. The maximum atomic E-state index is 12.6. The fourth-order valence-corrected chi connectivity index (χ4v) is 2.75. The number of amides is 1. The van der Waals surface area contributed by atoms with Crippen LogP contribution in [0, 0.1) is 5.92 Å². The van der Waals surface area contributed by atoms with E-state index in [9.17, 15) is 9.59 Å². The van der Waals surface area contributed by atoms with Crippen LogP contribution < -0.4 is 10.9 Å². The zero-order chi connectivity index (χ0) is 18.0. The van der Waals surface area contributed by atoms with E-state index in [1.165, 1.54) is 10.6 Å². The summed E-state index contributed by atoms with van der Waals surface area (Å²) in [7, 11) is 1.65. The summed E-state index contributed by atoms with van der Waals surface area (Å²) in [6.45, 7) is 4.15. The van der Waals surface area contributed by atoms with Crippen molar-refractivity contribution in [2.75, 3.05) is 0 Å². The number of imidazole rings is 1. The number of hydrogen-bond donors (Lipinski definition) is 2. The standard InChI is InChI=1S/C19H22N4O2/c1-4-12(2)17(18-20-14-7-5-6-8-15(14)21-18)22-19(25)13-9-10-23(3)16(24)11-13/h5-12,17H,4H2,1-3H3,(H,20,21)(H,22,25). The number of aromatic amines is 1. The van der Waals surface area contributed by atoms with Crippen molar-refractivity contribution in [1.29, 1.82) is 0 Å². The number of nitrogens with zero attached hydrogens (tertiary/aromatic N) is 2. The van der Waals surface area contributed by atoms with E-state index in [-0.39, 0.29) is 23.4 Å². The summed E-state index contributed by atoms with van der Waals surface area (Å²) in [4.78, 5) is 32.3. The Kier molecular flexibility index (Phi) is 4.70. The van der Waals surface area contributed by atoms with Gasteiger partial charge in [-0.3, -0.25) is 9.59 Å². The first-order chi connectivity index (χ1) is 12.0. The highest BCUT2D eigenvalue weighted by Crippen LogP contribution is 2.25. The molecule has 2 N–H and O–H groups in total. The second-order valence-corrected chi connectivity index (χ2v) is 6.34. The van der Waals surface area contributed by atoms with Crippen LogP contribution in [-0.4, -0.2) is 20.4 Å². The number of aromatic nitrogens is 3. The van der Waals surface area contributed by atoms with Gasteiger partial charge in [-0.15, -0.1) is 0 Å². The summed E-state index contributed by atoms with van der Waals surface area (Å²) < 4.78 is 1.43. The van der Waals surface area contributed by atoms with Crippen molar-refractivity contribution in [2.24, 2.45) is 13.0 Å². The van der Waals surface area contributed by atoms with Crippen LogP contribution in [-0.2, 0) is 7.05 Å². The van der Waals surface area contributed by atoms with Gasteiger partial charge in [-0.05, 0) is 24.1 Å². The molecule has 0 aliphatic carbocycles. The number of rotatable bonds is 5. The highest BCUT2D eigenvalue weighted by atomic mass is 16.2. The molecule has 0 aliphatic heterocycles. The van der Waals surface area contributed by atoms with Crippen molar-refractivity contribution >= 4 is 16.9 Å². The molecule has 0 bridgehead atoms. The monoisotopic (exact) mass is 338 g/mol. The Morgan fingerprint density at radius 2 is 2.08 bits per heavy atom. The Hall–Kier alpha value is -2.89. The van der Waals surface area contributed by atoms with Gasteiger partial charge in [-0.1, -0.05) is 32.4 Å². The third kappa shape index (κ3) is 3.47. The molecule has 2 heterocycles. The van der Waals surface area contributed by atoms with E-state index >= 15 is 0 Å². The maximum absolute atomic E-state index is 12.6. The number of aryl methyl sites for hydroxylation is 1. The summed E-state index contributed by atoms with van der Waals surface area (Å²) in [6.07, 6.45) is 2.48. The lowest BCUT2D eigenvalue weighted by Crippen LogP contribution is -2.34. The van der Waals surface area contributed by atoms with Gasteiger partial charge >= 0.3 is 0 Å². The predicted octanol–water partition coefficient (Wildman–Crippen LogP) is 2.78. The molecule has 6 nitrogen and oxygen atoms in total. The first-order valence-corrected chi connectivity index (χ1v) is 8.41. The quantitative estimate of drug-likeness (QED) is 0.751. The zero-order valence-electron chi connectivity index (χ0n) is 14.6. The molecule has 0 saturated heterocycles. The normalized spacial score (nSPS) is 13.6. The molecule has 0 aliphatic rings. The molecule has 2 aromatic heterocycles. The number of hydrogen-bond acceptors (Lipinski definition) is 3. The van der Waals surface area contributed by atoms with Crippen LogP contribution in [0.3, 0.4) is 0 Å². The molecule has 3 rings (SSSR count). The van der Waals surface area contributed by atoms with Crippen molar-refractivity contribution in [3.63, 3.8) is 0 Å². The van der Waals surface area contributed by atoms with Crippen molar-refractivity contribution in [1.82, 2.24) is 19.9 Å². The second kappa shape index (κ2) is 6.93. The van der Waals surface area contributed by atoms with Gasteiger partial charge in [-0.2, -0.15) is 0 Å². The molecule has 1 amide bonds. The van der Waals surface area contributed by atoms with Gasteiger partial charge in [0, 0.05) is 24.9 Å². The smallest absolute Gasteiger partial charge is 0.252 e. The average molecular weight is 338 g/mol. The van der Waals surface area contributed by atoms with Crippen molar-refractivity contribution in [2.45, 2.75) is 26.3 Å². The molecule has 130 valence electrons. The van der Waals surface area contributed by atoms with Crippen molar-refractivity contribution < 1.29 is 4.79 Å². The highest BCUT2D eigenvalue weighted by Gasteiger charge is 2.24. The minimum Gasteiger partial charge on any atom is -0.342 e. The highest BCUT2D eigenvalue weighted by molar-refractivity contribution is 5.94. The van der Waals surface area contributed by atoms with E-state index in [4.69, 9.17) is 0 Å². The Labute approximate surface area is 145 Å². The maximum Gasteiger partial charge on any atom is 0.252 e. The molecule has 2 unspecified atom stereocenters. The molecule has 3 aromatic rings. The molecular formula is C19H22N4O2. The molecule has 0 radical (unpaired) electrons. The van der Waals surface area contributed by atoms with Crippen molar-refractivity contribution in [3.8, 4) is 0 Å². The third-order valence-corrected chi connectivity index (χ3v) is 4.57. The predicted molar refractivity (Wildman–Crippen MR) is 97.4 cm³/mol. The average Bonchev–Trinajstić information content (AvgIpc) is 3.04. The van der Waals surface area contributed by atoms with E-state index in [2.05, 4.69) is 29.1 Å². The summed E-state index contributed by atoms with van der Waals surface area (Å²) in [5.74, 6) is 0.646. The number of pyridine rings is 1. The number of carbonyl (C=O) groups is 1. The number of carbonyl (C=O) groups excluding carboxylic acids is 1. The fourth-order valence-electron chi connectivity index (χ4n) is 2.75. The van der Waals surface area contributed by atoms with Crippen LogP contribution in [0.4, 0.5) is 0 Å². The van der Waals surface area contributed by atoms with Gasteiger partial charge in [0.05, 0.1) is 17.1 Å². The lowest BCUT2D eigenvalue weighted by Gasteiger charge is -2.22. The van der Waals surface area contributed by atoms with Gasteiger partial charge in [0.1, 0.15) is 5.82 Å². The number of H-pyrrole nitrogens is 1. The molecule has 2 atom stereocenters. The van der Waals surface area contributed by atoms with E-state index in [0.29, 0.717) is 5.56 Å². The molecule has 0 fully saturated rings. The van der Waals surface area contributed by atoms with Gasteiger partial charge in [0.25, 0.3) is 11.5 Å². The minimum absolute atomic E-state index is 0.191. The van der Waals surface area contributed by atoms with Gasteiger partial charge in [0.2, 0.25) is 0 Å². The fraction of sp³-hybridized carbons (Fsp3) is 0.316. The third-order valence-electron chi connectivity index (χ3n) is 4.57. The Morgan fingerprint density at radius 3 is 2.76 bits per heavy atom. The van der Waals surface area contributed by atoms with E-state index in [0.717, 1.165) is 23.3 Å². The molecule has 0 spiro atoms. The molecule has 0 saturated carbocycles. The Bertz CT molecular complexity index is 924. The molecule has 25 heavy (non-hydrogen) atoms. The molecular weight excluding hydrogens is 316 g/mol. The lowest BCUT2D eigenvalue weighted by atomic mass is 9.98.